The lowest BCUT2D eigenvalue weighted by atomic mass is 10.1. The fraction of sp³-hybridized carbons (Fsp3) is 0.214. The first-order valence-corrected chi connectivity index (χ1v) is 5.98. The molecule has 0 saturated carbocycles. The molecule has 1 aromatic carbocycles. The van der Waals surface area contributed by atoms with Crippen LogP contribution in [0.3, 0.4) is 0 Å². The average Bonchev–Trinajstić information content (AvgIpc) is 2.37. The molecule has 0 heterocycles. The lowest BCUT2D eigenvalue weighted by Gasteiger charge is -2.13. The number of methoxy groups -OCH3 is 1. The van der Waals surface area contributed by atoms with Crippen LogP contribution in [0.2, 0.25) is 5.02 Å². The third-order valence-corrected chi connectivity index (χ3v) is 2.46. The van der Waals surface area contributed by atoms with Gasteiger partial charge in [0.2, 0.25) is 0 Å². The van der Waals surface area contributed by atoms with Gasteiger partial charge in [0.05, 0.1) is 13.7 Å². The summed E-state index contributed by atoms with van der Waals surface area (Å²) in [6.45, 7) is 4.03. The quantitative estimate of drug-likeness (QED) is 0.473. The van der Waals surface area contributed by atoms with Crippen molar-refractivity contribution in [3.8, 4) is 11.5 Å². The van der Waals surface area contributed by atoms with E-state index in [0.717, 1.165) is 6.08 Å². The average molecular weight is 283 g/mol. The summed E-state index contributed by atoms with van der Waals surface area (Å²) in [6, 6.07) is 3.23. The number of halogens is 1. The number of carbonyl (C=O) groups is 1. The molecule has 19 heavy (non-hydrogen) atoms. The monoisotopic (exact) mass is 282 g/mol. The fourth-order valence-corrected chi connectivity index (χ4v) is 1.64. The Morgan fingerprint density at radius 2 is 2.26 bits per heavy atom. The number of carboxylic acids is 1. The molecule has 0 fully saturated rings. The number of carboxylic acid groups (broad SMARTS) is 1. The summed E-state index contributed by atoms with van der Waals surface area (Å²) >= 11 is 5.94. The van der Waals surface area contributed by atoms with Crippen molar-refractivity contribution in [2.24, 2.45) is 0 Å². The molecule has 5 heteroatoms. The lowest BCUT2D eigenvalue weighted by molar-refractivity contribution is -0.131. The van der Waals surface area contributed by atoms with Crippen molar-refractivity contribution in [3.05, 3.63) is 41.4 Å². The first kappa shape index (κ1) is 15.1. The van der Waals surface area contributed by atoms with Gasteiger partial charge in [-0.25, -0.2) is 4.79 Å². The van der Waals surface area contributed by atoms with E-state index >= 15 is 0 Å². The maximum atomic E-state index is 10.6. The highest BCUT2D eigenvalue weighted by molar-refractivity contribution is 6.31. The Kier molecular flexibility index (Phi) is 5.96. The highest BCUT2D eigenvalue weighted by Crippen LogP contribution is 2.35. The summed E-state index contributed by atoms with van der Waals surface area (Å²) in [5.41, 5.74) is 0.552. The van der Waals surface area contributed by atoms with E-state index in [1.165, 1.54) is 13.2 Å². The molecule has 0 aliphatic rings. The zero-order valence-electron chi connectivity index (χ0n) is 10.6. The van der Waals surface area contributed by atoms with Crippen molar-refractivity contribution >= 4 is 23.6 Å². The number of aliphatic carboxylic acids is 1. The van der Waals surface area contributed by atoms with Crippen LogP contribution in [0.4, 0.5) is 0 Å². The molecule has 102 valence electrons. The molecule has 0 bridgehead atoms. The molecular formula is C14H15ClO4. The molecule has 0 spiro atoms. The predicted molar refractivity (Wildman–Crippen MR) is 75.0 cm³/mol. The van der Waals surface area contributed by atoms with E-state index in [-0.39, 0.29) is 0 Å². The molecule has 1 rings (SSSR count). The first-order valence-electron chi connectivity index (χ1n) is 5.60. The molecule has 0 unspecified atom stereocenters. The smallest absolute Gasteiger partial charge is 0.328 e. The molecule has 0 atom stereocenters. The highest BCUT2D eigenvalue weighted by atomic mass is 35.5. The zero-order chi connectivity index (χ0) is 14.3. The number of rotatable bonds is 7. The molecular weight excluding hydrogens is 268 g/mol. The van der Waals surface area contributed by atoms with E-state index < -0.39 is 5.97 Å². The van der Waals surface area contributed by atoms with Crippen LogP contribution in [0.15, 0.2) is 30.9 Å². The van der Waals surface area contributed by atoms with Gasteiger partial charge in [-0.2, -0.15) is 0 Å². The van der Waals surface area contributed by atoms with E-state index in [0.29, 0.717) is 35.1 Å². The largest absolute Gasteiger partial charge is 0.493 e. The van der Waals surface area contributed by atoms with Crippen molar-refractivity contribution in [2.75, 3.05) is 13.7 Å². The Labute approximate surface area is 116 Å². The van der Waals surface area contributed by atoms with Gasteiger partial charge >= 0.3 is 5.97 Å². The minimum atomic E-state index is -1.05. The molecule has 0 aliphatic carbocycles. The number of hydrogen-bond donors (Lipinski definition) is 1. The van der Waals surface area contributed by atoms with Crippen LogP contribution in [-0.4, -0.2) is 24.8 Å². The van der Waals surface area contributed by atoms with Gasteiger partial charge in [0.1, 0.15) is 0 Å². The Balaban J connectivity index is 3.12. The van der Waals surface area contributed by atoms with Gasteiger partial charge in [0.25, 0.3) is 0 Å². The minimum Gasteiger partial charge on any atom is -0.493 e. The second kappa shape index (κ2) is 7.48. The van der Waals surface area contributed by atoms with Crippen molar-refractivity contribution < 1.29 is 19.4 Å². The van der Waals surface area contributed by atoms with E-state index in [9.17, 15) is 4.79 Å². The Hall–Kier alpha value is -1.94. The third-order valence-electron chi connectivity index (χ3n) is 2.24. The topological polar surface area (TPSA) is 55.8 Å². The molecule has 0 radical (unpaired) electrons. The number of ether oxygens (including phenoxy) is 2. The molecule has 0 aliphatic heterocycles. The highest BCUT2D eigenvalue weighted by Gasteiger charge is 2.11. The lowest BCUT2D eigenvalue weighted by Crippen LogP contribution is -2.00. The van der Waals surface area contributed by atoms with Crippen LogP contribution in [-0.2, 0) is 4.79 Å². The summed E-state index contributed by atoms with van der Waals surface area (Å²) in [6.07, 6.45) is 4.84. The van der Waals surface area contributed by atoms with Crippen molar-refractivity contribution in [3.63, 3.8) is 0 Å². The Morgan fingerprint density at radius 3 is 2.84 bits per heavy atom. The van der Waals surface area contributed by atoms with E-state index in [4.69, 9.17) is 26.2 Å². The molecule has 0 aromatic heterocycles. The zero-order valence-corrected chi connectivity index (χ0v) is 11.3. The fourth-order valence-electron chi connectivity index (χ4n) is 1.42. The van der Waals surface area contributed by atoms with Crippen LogP contribution in [0.5, 0.6) is 11.5 Å². The Bertz CT molecular complexity index is 494. The van der Waals surface area contributed by atoms with E-state index in [1.807, 2.05) is 0 Å². The summed E-state index contributed by atoms with van der Waals surface area (Å²) in [7, 11) is 1.50. The summed E-state index contributed by atoms with van der Waals surface area (Å²) < 4.78 is 10.8. The molecule has 4 nitrogen and oxygen atoms in total. The normalized spacial score (nSPS) is 10.4. The predicted octanol–water partition coefficient (Wildman–Crippen LogP) is 3.40. The van der Waals surface area contributed by atoms with E-state index in [1.54, 1.807) is 18.2 Å². The first-order chi connectivity index (χ1) is 9.08. The second-order valence-corrected chi connectivity index (χ2v) is 4.06. The van der Waals surface area contributed by atoms with Crippen LogP contribution in [0.25, 0.3) is 6.08 Å². The molecule has 0 amide bonds. The van der Waals surface area contributed by atoms with Gasteiger partial charge < -0.3 is 14.6 Å². The van der Waals surface area contributed by atoms with Gasteiger partial charge in [-0.3, -0.25) is 0 Å². The van der Waals surface area contributed by atoms with Crippen molar-refractivity contribution in [2.45, 2.75) is 6.42 Å². The molecule has 0 saturated heterocycles. The Morgan fingerprint density at radius 1 is 1.53 bits per heavy atom. The second-order valence-electron chi connectivity index (χ2n) is 3.62. The van der Waals surface area contributed by atoms with Crippen LogP contribution in [0.1, 0.15) is 12.0 Å². The van der Waals surface area contributed by atoms with Crippen LogP contribution < -0.4 is 9.47 Å². The van der Waals surface area contributed by atoms with Crippen LogP contribution >= 0.6 is 11.6 Å². The van der Waals surface area contributed by atoms with Crippen molar-refractivity contribution in [1.82, 2.24) is 0 Å². The summed E-state index contributed by atoms with van der Waals surface area (Å²) in [5, 5.41) is 9.11. The number of benzene rings is 1. The summed E-state index contributed by atoms with van der Waals surface area (Å²) in [4.78, 5) is 10.6. The minimum absolute atomic E-state index is 0.426. The molecule has 1 aromatic rings. The van der Waals surface area contributed by atoms with Gasteiger partial charge in [-0.15, -0.1) is 6.58 Å². The van der Waals surface area contributed by atoms with E-state index in [2.05, 4.69) is 6.58 Å². The molecule has 1 N–H and O–H groups in total. The SMILES string of the molecule is C=CCCOc1c(/C=C/C(=O)O)cc(Cl)cc1OC. The maximum Gasteiger partial charge on any atom is 0.328 e. The number of hydrogen-bond acceptors (Lipinski definition) is 3. The van der Waals surface area contributed by atoms with Gasteiger partial charge in [0, 0.05) is 22.7 Å². The van der Waals surface area contributed by atoms with Crippen molar-refractivity contribution in [1.29, 1.82) is 0 Å². The van der Waals surface area contributed by atoms with Gasteiger partial charge in [-0.05, 0) is 18.6 Å². The third kappa shape index (κ3) is 4.67. The van der Waals surface area contributed by atoms with Gasteiger partial charge in [0.15, 0.2) is 11.5 Å². The van der Waals surface area contributed by atoms with Crippen LogP contribution in [0, 0.1) is 0 Å². The standard InChI is InChI=1S/C14H15ClO4/c1-3-4-7-19-14-10(5-6-13(16)17)8-11(15)9-12(14)18-2/h3,5-6,8-9H,1,4,7H2,2H3,(H,16,17)/b6-5+. The summed E-state index contributed by atoms with van der Waals surface area (Å²) in [5.74, 6) is -0.121. The van der Waals surface area contributed by atoms with Gasteiger partial charge in [-0.1, -0.05) is 17.7 Å². The maximum absolute atomic E-state index is 10.6.